The average molecular weight is 192 g/mol. The molecule has 0 radical (unpaired) electrons. The molecule has 1 aromatic rings. The molecule has 0 aliphatic carbocycles. The standard InChI is InChI=1S/C8H8O4.Na.H/c1-12-5-2-3-7(9)6(4-5)8(10)11;;/h2-4,9H,1H3,(H,10,11);;. The Morgan fingerprint density at radius 2 is 2.08 bits per heavy atom. The molecule has 5 heteroatoms. The second-order valence-electron chi connectivity index (χ2n) is 2.19. The first-order chi connectivity index (χ1) is 5.65. The number of phenols is 1. The molecule has 13 heavy (non-hydrogen) atoms. The minimum atomic E-state index is -1.17. The van der Waals surface area contributed by atoms with Crippen molar-refractivity contribution in [2.24, 2.45) is 0 Å². The van der Waals surface area contributed by atoms with Crippen LogP contribution in [0.3, 0.4) is 0 Å². The maximum absolute atomic E-state index is 10.5. The Kier molecular flexibility index (Phi) is 4.83. The third-order valence-corrected chi connectivity index (χ3v) is 1.43. The van der Waals surface area contributed by atoms with Gasteiger partial charge in [-0.05, 0) is 18.2 Å². The number of carbonyl (C=O) groups is 1. The van der Waals surface area contributed by atoms with Crippen molar-refractivity contribution < 1.29 is 19.7 Å². The van der Waals surface area contributed by atoms with Gasteiger partial charge in [-0.3, -0.25) is 0 Å². The summed E-state index contributed by atoms with van der Waals surface area (Å²) < 4.78 is 4.79. The normalized spacial score (nSPS) is 8.69. The van der Waals surface area contributed by atoms with Crippen LogP contribution in [0.25, 0.3) is 0 Å². The molecule has 0 bridgehead atoms. The summed E-state index contributed by atoms with van der Waals surface area (Å²) in [6, 6.07) is 4.03. The Bertz CT molecular complexity index is 311. The van der Waals surface area contributed by atoms with Crippen molar-refractivity contribution in [3.63, 3.8) is 0 Å². The topological polar surface area (TPSA) is 66.8 Å². The van der Waals surface area contributed by atoms with Gasteiger partial charge in [0.25, 0.3) is 0 Å². The van der Waals surface area contributed by atoms with Crippen molar-refractivity contribution in [2.45, 2.75) is 0 Å². The van der Waals surface area contributed by atoms with Gasteiger partial charge in [0.05, 0.1) is 7.11 Å². The van der Waals surface area contributed by atoms with Crippen molar-refractivity contribution >= 4 is 35.5 Å². The van der Waals surface area contributed by atoms with Gasteiger partial charge in [-0.2, -0.15) is 0 Å². The van der Waals surface area contributed by atoms with Crippen LogP contribution < -0.4 is 4.74 Å². The molecular weight excluding hydrogens is 183 g/mol. The molecule has 0 unspecified atom stereocenters. The predicted molar refractivity (Wildman–Crippen MR) is 48.8 cm³/mol. The van der Waals surface area contributed by atoms with E-state index in [4.69, 9.17) is 14.9 Å². The number of hydrogen-bond acceptors (Lipinski definition) is 3. The van der Waals surface area contributed by atoms with Crippen molar-refractivity contribution in [2.75, 3.05) is 7.11 Å². The number of carboxylic acid groups (broad SMARTS) is 1. The summed E-state index contributed by atoms with van der Waals surface area (Å²) in [4.78, 5) is 10.5. The van der Waals surface area contributed by atoms with Gasteiger partial charge in [-0.25, -0.2) is 4.79 Å². The van der Waals surface area contributed by atoms with E-state index in [0.717, 1.165) is 0 Å². The van der Waals surface area contributed by atoms with Gasteiger partial charge in [0.1, 0.15) is 17.1 Å². The van der Waals surface area contributed by atoms with Gasteiger partial charge in [0.2, 0.25) is 0 Å². The molecule has 0 aliphatic heterocycles. The zero-order valence-corrected chi connectivity index (χ0v) is 6.44. The predicted octanol–water partition coefficient (Wildman–Crippen LogP) is 0.450. The molecule has 1 rings (SSSR count). The fraction of sp³-hybridized carbons (Fsp3) is 0.125. The van der Waals surface area contributed by atoms with Crippen LogP contribution in [-0.2, 0) is 0 Å². The molecule has 0 fully saturated rings. The quantitative estimate of drug-likeness (QED) is 0.667. The number of rotatable bonds is 2. The van der Waals surface area contributed by atoms with Crippen LogP contribution in [0.2, 0.25) is 0 Å². The van der Waals surface area contributed by atoms with Crippen LogP contribution in [0.15, 0.2) is 18.2 Å². The first kappa shape index (κ1) is 12.3. The van der Waals surface area contributed by atoms with Crippen LogP contribution in [0.4, 0.5) is 0 Å². The van der Waals surface area contributed by atoms with Crippen molar-refractivity contribution in [3.8, 4) is 11.5 Å². The fourth-order valence-electron chi connectivity index (χ4n) is 0.813. The SMILES string of the molecule is COc1ccc(O)c(C(=O)O)c1.[NaH]. The van der Waals surface area contributed by atoms with E-state index in [-0.39, 0.29) is 40.9 Å². The number of methoxy groups -OCH3 is 1. The first-order valence-electron chi connectivity index (χ1n) is 3.25. The fourth-order valence-corrected chi connectivity index (χ4v) is 0.813. The number of ether oxygens (including phenoxy) is 1. The van der Waals surface area contributed by atoms with E-state index in [9.17, 15) is 4.79 Å². The molecule has 66 valence electrons. The van der Waals surface area contributed by atoms with Crippen molar-refractivity contribution in [1.82, 2.24) is 0 Å². The summed E-state index contributed by atoms with van der Waals surface area (Å²) in [5.74, 6) is -1.03. The van der Waals surface area contributed by atoms with E-state index in [1.54, 1.807) is 0 Å². The van der Waals surface area contributed by atoms with E-state index >= 15 is 0 Å². The zero-order valence-electron chi connectivity index (χ0n) is 6.44. The van der Waals surface area contributed by atoms with E-state index in [2.05, 4.69) is 0 Å². The van der Waals surface area contributed by atoms with Gasteiger partial charge < -0.3 is 14.9 Å². The molecule has 2 N–H and O–H groups in total. The Balaban J connectivity index is 0.00000144. The van der Waals surface area contributed by atoms with Gasteiger partial charge in [0.15, 0.2) is 0 Å². The molecule has 0 aliphatic rings. The zero-order chi connectivity index (χ0) is 9.14. The number of aromatic hydroxyl groups is 1. The molecule has 0 atom stereocenters. The summed E-state index contributed by atoms with van der Waals surface area (Å²) in [6.45, 7) is 0. The number of hydrogen-bond donors (Lipinski definition) is 2. The van der Waals surface area contributed by atoms with E-state index in [1.807, 2.05) is 0 Å². The second-order valence-corrected chi connectivity index (χ2v) is 2.19. The number of aromatic carboxylic acids is 1. The van der Waals surface area contributed by atoms with Gasteiger partial charge >= 0.3 is 35.5 Å². The summed E-state index contributed by atoms with van der Waals surface area (Å²) in [7, 11) is 1.43. The van der Waals surface area contributed by atoms with Crippen LogP contribution in [0.1, 0.15) is 10.4 Å². The Hall–Kier alpha value is -0.710. The molecule has 4 nitrogen and oxygen atoms in total. The Morgan fingerprint density at radius 1 is 1.46 bits per heavy atom. The second kappa shape index (κ2) is 5.11. The van der Waals surface area contributed by atoms with Crippen molar-refractivity contribution in [1.29, 1.82) is 0 Å². The number of benzene rings is 1. The van der Waals surface area contributed by atoms with Crippen molar-refractivity contribution in [3.05, 3.63) is 23.8 Å². The molecule has 0 saturated heterocycles. The Labute approximate surface area is 97.4 Å². The van der Waals surface area contributed by atoms with Crippen LogP contribution in [0, 0.1) is 0 Å². The van der Waals surface area contributed by atoms with Gasteiger partial charge in [-0.15, -0.1) is 0 Å². The van der Waals surface area contributed by atoms with Crippen LogP contribution in [0.5, 0.6) is 11.5 Å². The molecule has 0 saturated carbocycles. The number of carboxylic acids is 1. The summed E-state index contributed by atoms with van der Waals surface area (Å²) in [6.07, 6.45) is 0. The monoisotopic (exact) mass is 192 g/mol. The molecule has 0 amide bonds. The molecule has 0 spiro atoms. The van der Waals surface area contributed by atoms with Crippen LogP contribution in [-0.4, -0.2) is 52.8 Å². The van der Waals surface area contributed by atoms with E-state index in [1.165, 1.54) is 25.3 Å². The minimum absolute atomic E-state index is 0. The van der Waals surface area contributed by atoms with E-state index in [0.29, 0.717) is 5.75 Å². The third-order valence-electron chi connectivity index (χ3n) is 1.43. The van der Waals surface area contributed by atoms with E-state index < -0.39 is 5.97 Å². The average Bonchev–Trinajstić information content (AvgIpc) is 2.05. The summed E-state index contributed by atoms with van der Waals surface area (Å²) >= 11 is 0. The Morgan fingerprint density at radius 3 is 2.54 bits per heavy atom. The summed E-state index contributed by atoms with van der Waals surface area (Å²) in [5.41, 5.74) is -0.158. The van der Waals surface area contributed by atoms with Gasteiger partial charge in [0, 0.05) is 0 Å². The molecular formula is C8H9NaO4. The molecule has 0 aromatic heterocycles. The third kappa shape index (κ3) is 2.91. The van der Waals surface area contributed by atoms with Crippen LogP contribution >= 0.6 is 0 Å². The van der Waals surface area contributed by atoms with Gasteiger partial charge in [-0.1, -0.05) is 0 Å². The first-order valence-corrected chi connectivity index (χ1v) is 3.25. The molecule has 1 aromatic carbocycles. The maximum atomic E-state index is 10.5. The summed E-state index contributed by atoms with van der Waals surface area (Å²) in [5, 5.41) is 17.6. The molecule has 0 heterocycles.